The highest BCUT2D eigenvalue weighted by Gasteiger charge is 2.18. The molecule has 136 valence electrons. The van der Waals surface area contributed by atoms with E-state index in [0.29, 0.717) is 36.7 Å². The van der Waals surface area contributed by atoms with Crippen molar-refractivity contribution in [1.29, 1.82) is 0 Å². The fourth-order valence-corrected chi connectivity index (χ4v) is 3.11. The smallest absolute Gasteiger partial charge is 0.180 e. The van der Waals surface area contributed by atoms with Gasteiger partial charge in [0.15, 0.2) is 11.6 Å². The van der Waals surface area contributed by atoms with Crippen molar-refractivity contribution < 1.29 is 4.39 Å². The highest BCUT2D eigenvalue weighted by Crippen LogP contribution is 2.20. The van der Waals surface area contributed by atoms with E-state index in [1.165, 1.54) is 17.3 Å². The van der Waals surface area contributed by atoms with Crippen molar-refractivity contribution in [2.45, 2.75) is 26.8 Å². The van der Waals surface area contributed by atoms with E-state index in [0.717, 1.165) is 11.4 Å². The summed E-state index contributed by atoms with van der Waals surface area (Å²) in [6.07, 6.45) is 5.74. The molecule has 3 heterocycles. The minimum atomic E-state index is -0.385. The summed E-state index contributed by atoms with van der Waals surface area (Å²) in [5.74, 6) is 0.0459. The number of nitrogens with zero attached hydrogens (tertiary/aromatic N) is 5. The third kappa shape index (κ3) is 3.43. The Labute approximate surface area is 157 Å². The molecule has 0 fully saturated rings. The molecule has 0 radical (unpaired) electrons. The standard InChI is InChI=1S/C21H20FN5/c1-3-17-16(22)12-24-21(25-17)19-11-20(18-9-6-10-23-18)27(26-19)13-15-8-5-4-7-14(15)2/h4-9,11-12H,3,10,13H2,1-2H3. The number of rotatable bonds is 5. The molecule has 0 amide bonds. The molecule has 6 heteroatoms. The first-order chi connectivity index (χ1) is 13.2. The average molecular weight is 361 g/mol. The number of benzene rings is 1. The number of aryl methyl sites for hydroxylation is 2. The van der Waals surface area contributed by atoms with E-state index in [1.807, 2.05) is 42.0 Å². The van der Waals surface area contributed by atoms with Gasteiger partial charge in [0.1, 0.15) is 5.69 Å². The SMILES string of the molecule is CCc1nc(-c2cc(C3=NCC=C3)n(Cc3ccccc3C)n2)ncc1F. The van der Waals surface area contributed by atoms with Crippen molar-refractivity contribution >= 4 is 5.71 Å². The van der Waals surface area contributed by atoms with Crippen LogP contribution >= 0.6 is 0 Å². The Morgan fingerprint density at radius 1 is 1.22 bits per heavy atom. The number of hydrogen-bond donors (Lipinski definition) is 0. The Morgan fingerprint density at radius 2 is 2.07 bits per heavy atom. The topological polar surface area (TPSA) is 56.0 Å². The third-order valence-electron chi connectivity index (χ3n) is 4.65. The van der Waals surface area contributed by atoms with Crippen LogP contribution in [0.15, 0.2) is 53.7 Å². The summed E-state index contributed by atoms with van der Waals surface area (Å²) in [5, 5.41) is 4.72. The highest BCUT2D eigenvalue weighted by molar-refractivity contribution is 6.09. The summed E-state index contributed by atoms with van der Waals surface area (Å²) in [6, 6.07) is 10.2. The first-order valence-electron chi connectivity index (χ1n) is 9.01. The van der Waals surface area contributed by atoms with Crippen molar-refractivity contribution in [2.75, 3.05) is 6.54 Å². The van der Waals surface area contributed by atoms with Gasteiger partial charge in [0.05, 0.1) is 36.4 Å². The lowest BCUT2D eigenvalue weighted by Gasteiger charge is -2.09. The Hall–Kier alpha value is -3.15. The van der Waals surface area contributed by atoms with Crippen LogP contribution in [-0.2, 0) is 13.0 Å². The van der Waals surface area contributed by atoms with E-state index in [4.69, 9.17) is 5.10 Å². The van der Waals surface area contributed by atoms with Crippen molar-refractivity contribution in [1.82, 2.24) is 19.7 Å². The largest absolute Gasteiger partial charge is 0.279 e. The molecule has 5 nitrogen and oxygen atoms in total. The minimum Gasteiger partial charge on any atom is -0.279 e. The predicted octanol–water partition coefficient (Wildman–Crippen LogP) is 3.76. The zero-order valence-electron chi connectivity index (χ0n) is 15.4. The molecule has 1 aliphatic rings. The zero-order chi connectivity index (χ0) is 18.8. The second-order valence-electron chi connectivity index (χ2n) is 6.47. The van der Waals surface area contributed by atoms with Gasteiger partial charge in [-0.3, -0.25) is 9.67 Å². The lowest BCUT2D eigenvalue weighted by molar-refractivity contribution is 0.594. The fraction of sp³-hybridized carbons (Fsp3) is 0.238. The average Bonchev–Trinajstić information content (AvgIpc) is 3.34. The van der Waals surface area contributed by atoms with Crippen LogP contribution in [0.1, 0.15) is 29.4 Å². The summed E-state index contributed by atoms with van der Waals surface area (Å²) in [6.45, 7) is 5.25. The Bertz CT molecular complexity index is 1050. The molecule has 0 saturated heterocycles. The van der Waals surface area contributed by atoms with Crippen LogP contribution in [0.5, 0.6) is 0 Å². The van der Waals surface area contributed by atoms with Crippen LogP contribution < -0.4 is 0 Å². The minimum absolute atomic E-state index is 0.385. The van der Waals surface area contributed by atoms with Gasteiger partial charge >= 0.3 is 0 Å². The van der Waals surface area contributed by atoms with Gasteiger partial charge in [0.2, 0.25) is 0 Å². The number of aliphatic imine (C=N–C) groups is 1. The molecular formula is C21H20FN5. The van der Waals surface area contributed by atoms with Crippen molar-refractivity contribution in [3.63, 3.8) is 0 Å². The molecule has 2 aromatic heterocycles. The lowest BCUT2D eigenvalue weighted by Crippen LogP contribution is -2.11. The summed E-state index contributed by atoms with van der Waals surface area (Å²) in [7, 11) is 0. The second kappa shape index (κ2) is 7.23. The Morgan fingerprint density at radius 3 is 2.81 bits per heavy atom. The second-order valence-corrected chi connectivity index (χ2v) is 6.47. The van der Waals surface area contributed by atoms with Crippen molar-refractivity contribution in [2.24, 2.45) is 4.99 Å². The molecule has 27 heavy (non-hydrogen) atoms. The predicted molar refractivity (Wildman–Crippen MR) is 103 cm³/mol. The maximum absolute atomic E-state index is 13.8. The maximum Gasteiger partial charge on any atom is 0.180 e. The van der Waals surface area contributed by atoms with Crippen LogP contribution in [0.2, 0.25) is 0 Å². The van der Waals surface area contributed by atoms with Crippen LogP contribution in [0, 0.1) is 12.7 Å². The summed E-state index contributed by atoms with van der Waals surface area (Å²) in [5.41, 5.74) is 5.21. The highest BCUT2D eigenvalue weighted by atomic mass is 19.1. The number of aromatic nitrogens is 4. The van der Waals surface area contributed by atoms with E-state index in [2.05, 4.69) is 34.0 Å². The normalized spacial score (nSPS) is 13.2. The molecule has 0 spiro atoms. The van der Waals surface area contributed by atoms with Gasteiger partial charge < -0.3 is 0 Å². The van der Waals surface area contributed by atoms with Gasteiger partial charge in [-0.15, -0.1) is 0 Å². The van der Waals surface area contributed by atoms with Gasteiger partial charge in [-0.2, -0.15) is 5.10 Å². The summed E-state index contributed by atoms with van der Waals surface area (Å²) in [4.78, 5) is 13.0. The van der Waals surface area contributed by atoms with Gasteiger partial charge in [-0.05, 0) is 36.6 Å². The monoisotopic (exact) mass is 361 g/mol. The zero-order valence-corrected chi connectivity index (χ0v) is 15.4. The van der Waals surface area contributed by atoms with E-state index < -0.39 is 0 Å². The van der Waals surface area contributed by atoms with E-state index in [-0.39, 0.29) is 5.82 Å². The van der Waals surface area contributed by atoms with Gasteiger partial charge in [0.25, 0.3) is 0 Å². The first-order valence-corrected chi connectivity index (χ1v) is 9.01. The molecule has 1 aromatic carbocycles. The number of halogens is 1. The maximum atomic E-state index is 13.8. The first kappa shape index (κ1) is 17.3. The lowest BCUT2D eigenvalue weighted by atomic mass is 10.1. The van der Waals surface area contributed by atoms with Gasteiger partial charge in [-0.1, -0.05) is 37.3 Å². The molecule has 0 saturated carbocycles. The molecule has 4 rings (SSSR count). The number of hydrogen-bond acceptors (Lipinski definition) is 4. The van der Waals surface area contributed by atoms with Crippen molar-refractivity contribution in [3.8, 4) is 11.5 Å². The van der Waals surface area contributed by atoms with Crippen LogP contribution in [0.25, 0.3) is 11.5 Å². The fourth-order valence-electron chi connectivity index (χ4n) is 3.11. The summed E-state index contributed by atoms with van der Waals surface area (Å²) < 4.78 is 15.7. The third-order valence-corrected chi connectivity index (χ3v) is 4.65. The van der Waals surface area contributed by atoms with E-state index in [1.54, 1.807) is 0 Å². The molecule has 0 N–H and O–H groups in total. The molecule has 0 aliphatic carbocycles. The van der Waals surface area contributed by atoms with Crippen LogP contribution in [0.4, 0.5) is 4.39 Å². The van der Waals surface area contributed by atoms with E-state index in [9.17, 15) is 4.39 Å². The summed E-state index contributed by atoms with van der Waals surface area (Å²) >= 11 is 0. The van der Waals surface area contributed by atoms with Gasteiger partial charge in [0, 0.05) is 0 Å². The van der Waals surface area contributed by atoms with E-state index >= 15 is 0 Å². The van der Waals surface area contributed by atoms with Crippen LogP contribution in [0.3, 0.4) is 0 Å². The molecule has 1 aliphatic heterocycles. The molecular weight excluding hydrogens is 341 g/mol. The molecule has 0 unspecified atom stereocenters. The Balaban J connectivity index is 1.78. The quantitative estimate of drug-likeness (QED) is 0.695. The van der Waals surface area contributed by atoms with Crippen LogP contribution in [-0.4, -0.2) is 32.0 Å². The Kier molecular flexibility index (Phi) is 4.62. The molecule has 0 atom stereocenters. The molecule has 3 aromatic rings. The van der Waals surface area contributed by atoms with Gasteiger partial charge in [-0.25, -0.2) is 14.4 Å². The van der Waals surface area contributed by atoms with Crippen molar-refractivity contribution in [3.05, 3.63) is 77.0 Å². The number of allylic oxidation sites excluding steroid dienone is 1. The molecule has 0 bridgehead atoms.